The number of hydrogen-bond acceptors (Lipinski definition) is 1. The fraction of sp³-hybridized carbons (Fsp3) is 0.200. The maximum absolute atomic E-state index is 13.5. The average molecular weight is 265 g/mol. The highest BCUT2D eigenvalue weighted by atomic mass is 19.1. The first-order valence-corrected chi connectivity index (χ1v) is 5.99. The molecule has 0 amide bonds. The molecule has 0 aliphatic heterocycles. The highest BCUT2D eigenvalue weighted by molar-refractivity contribution is 5.22. The molecule has 0 heterocycles. The van der Waals surface area contributed by atoms with E-state index in [1.807, 2.05) is 0 Å². The molecule has 1 unspecified atom stereocenters. The Morgan fingerprint density at radius 2 is 1.63 bits per heavy atom. The Bertz CT molecular complexity index is 549. The van der Waals surface area contributed by atoms with Gasteiger partial charge in [0.2, 0.25) is 0 Å². The van der Waals surface area contributed by atoms with Crippen LogP contribution in [0.2, 0.25) is 0 Å². The van der Waals surface area contributed by atoms with Crippen molar-refractivity contribution >= 4 is 0 Å². The molecule has 0 spiro atoms. The first-order chi connectivity index (χ1) is 9.06. The van der Waals surface area contributed by atoms with E-state index >= 15 is 0 Å². The minimum atomic E-state index is -0.615. The molecular formula is C15H14F3N. The van der Waals surface area contributed by atoms with E-state index < -0.39 is 11.6 Å². The summed E-state index contributed by atoms with van der Waals surface area (Å²) in [6.07, 6.45) is 0. The Balaban J connectivity index is 2.04. The number of hydrogen-bond donors (Lipinski definition) is 1. The predicted octanol–water partition coefficient (Wildman–Crippen LogP) is 3.95. The van der Waals surface area contributed by atoms with Crippen molar-refractivity contribution in [2.24, 2.45) is 0 Å². The monoisotopic (exact) mass is 265 g/mol. The highest BCUT2D eigenvalue weighted by Crippen LogP contribution is 2.17. The average Bonchev–Trinajstić information content (AvgIpc) is 2.35. The van der Waals surface area contributed by atoms with Crippen LogP contribution >= 0.6 is 0 Å². The maximum atomic E-state index is 13.5. The third-order valence-corrected chi connectivity index (χ3v) is 2.91. The van der Waals surface area contributed by atoms with E-state index in [1.54, 1.807) is 25.1 Å². The Morgan fingerprint density at radius 3 is 2.26 bits per heavy atom. The fourth-order valence-corrected chi connectivity index (χ4v) is 1.92. The summed E-state index contributed by atoms with van der Waals surface area (Å²) in [7, 11) is 0. The topological polar surface area (TPSA) is 12.0 Å². The van der Waals surface area contributed by atoms with Crippen LogP contribution in [0.25, 0.3) is 0 Å². The lowest BCUT2D eigenvalue weighted by molar-refractivity contribution is 0.523. The maximum Gasteiger partial charge on any atom is 0.127 e. The number of rotatable bonds is 4. The first kappa shape index (κ1) is 13.6. The molecule has 0 aliphatic carbocycles. The molecule has 2 aromatic carbocycles. The van der Waals surface area contributed by atoms with E-state index in [0.717, 1.165) is 6.07 Å². The van der Waals surface area contributed by atoms with Crippen molar-refractivity contribution in [3.63, 3.8) is 0 Å². The summed E-state index contributed by atoms with van der Waals surface area (Å²) in [5.41, 5.74) is 1.01. The van der Waals surface area contributed by atoms with Crippen molar-refractivity contribution in [1.29, 1.82) is 0 Å². The smallest absolute Gasteiger partial charge is 0.127 e. The standard InChI is InChI=1S/C15H14F3N/c1-10(14-4-2-3-5-15(14)18)19-9-11-6-12(16)8-13(17)7-11/h2-8,10,19H,9H2,1H3. The van der Waals surface area contributed by atoms with Crippen LogP contribution in [0.15, 0.2) is 42.5 Å². The Labute approximate surface area is 110 Å². The molecule has 1 N–H and O–H groups in total. The highest BCUT2D eigenvalue weighted by Gasteiger charge is 2.10. The van der Waals surface area contributed by atoms with Crippen LogP contribution in [0.5, 0.6) is 0 Å². The van der Waals surface area contributed by atoms with Gasteiger partial charge in [-0.3, -0.25) is 0 Å². The van der Waals surface area contributed by atoms with E-state index in [-0.39, 0.29) is 18.4 Å². The van der Waals surface area contributed by atoms with Crippen LogP contribution in [0.4, 0.5) is 13.2 Å². The lowest BCUT2D eigenvalue weighted by atomic mass is 10.1. The second-order valence-electron chi connectivity index (χ2n) is 4.40. The molecule has 0 saturated carbocycles. The zero-order valence-corrected chi connectivity index (χ0v) is 10.5. The SMILES string of the molecule is CC(NCc1cc(F)cc(F)c1)c1ccccc1F. The molecule has 2 rings (SSSR count). The molecule has 0 aromatic heterocycles. The van der Waals surface area contributed by atoms with E-state index in [9.17, 15) is 13.2 Å². The molecule has 2 aromatic rings. The summed E-state index contributed by atoms with van der Waals surface area (Å²) in [6, 6.07) is 9.52. The second kappa shape index (κ2) is 5.89. The third-order valence-electron chi connectivity index (χ3n) is 2.91. The van der Waals surface area contributed by atoms with Gasteiger partial charge in [0.15, 0.2) is 0 Å². The summed E-state index contributed by atoms with van der Waals surface area (Å²) >= 11 is 0. The van der Waals surface area contributed by atoms with E-state index in [1.165, 1.54) is 18.2 Å². The minimum absolute atomic E-state index is 0.243. The first-order valence-electron chi connectivity index (χ1n) is 5.99. The van der Waals surface area contributed by atoms with Crippen LogP contribution < -0.4 is 5.32 Å². The Kier molecular flexibility index (Phi) is 4.22. The van der Waals surface area contributed by atoms with Gasteiger partial charge >= 0.3 is 0 Å². The molecule has 0 bridgehead atoms. The van der Waals surface area contributed by atoms with E-state index in [0.29, 0.717) is 11.1 Å². The largest absolute Gasteiger partial charge is 0.306 e. The van der Waals surface area contributed by atoms with E-state index in [2.05, 4.69) is 5.32 Å². The van der Waals surface area contributed by atoms with Gasteiger partial charge in [0.05, 0.1) is 0 Å². The Morgan fingerprint density at radius 1 is 1.00 bits per heavy atom. The van der Waals surface area contributed by atoms with Gasteiger partial charge in [0.25, 0.3) is 0 Å². The van der Waals surface area contributed by atoms with Crippen molar-refractivity contribution in [2.45, 2.75) is 19.5 Å². The summed E-state index contributed by atoms with van der Waals surface area (Å²) in [5, 5.41) is 3.04. The molecule has 100 valence electrons. The van der Waals surface area contributed by atoms with Gasteiger partial charge < -0.3 is 5.32 Å². The molecule has 1 nitrogen and oxygen atoms in total. The van der Waals surface area contributed by atoms with Crippen molar-refractivity contribution in [3.8, 4) is 0 Å². The molecule has 19 heavy (non-hydrogen) atoms. The van der Waals surface area contributed by atoms with Crippen LogP contribution in [0.1, 0.15) is 24.1 Å². The lowest BCUT2D eigenvalue weighted by Crippen LogP contribution is -2.19. The predicted molar refractivity (Wildman–Crippen MR) is 68.0 cm³/mol. The van der Waals surface area contributed by atoms with Gasteiger partial charge in [-0.25, -0.2) is 13.2 Å². The van der Waals surface area contributed by atoms with Crippen molar-refractivity contribution in [2.75, 3.05) is 0 Å². The minimum Gasteiger partial charge on any atom is -0.306 e. The van der Waals surface area contributed by atoms with Crippen molar-refractivity contribution in [3.05, 3.63) is 71.0 Å². The quantitative estimate of drug-likeness (QED) is 0.882. The second-order valence-corrected chi connectivity index (χ2v) is 4.40. The fourth-order valence-electron chi connectivity index (χ4n) is 1.92. The molecule has 0 radical (unpaired) electrons. The molecule has 0 saturated heterocycles. The number of halogens is 3. The van der Waals surface area contributed by atoms with Crippen LogP contribution in [0, 0.1) is 17.5 Å². The van der Waals surface area contributed by atoms with Gasteiger partial charge in [-0.1, -0.05) is 18.2 Å². The number of benzene rings is 2. The van der Waals surface area contributed by atoms with Gasteiger partial charge in [0, 0.05) is 24.2 Å². The van der Waals surface area contributed by atoms with Gasteiger partial charge in [-0.05, 0) is 30.7 Å². The van der Waals surface area contributed by atoms with Crippen LogP contribution in [-0.2, 0) is 6.54 Å². The van der Waals surface area contributed by atoms with Gasteiger partial charge in [-0.2, -0.15) is 0 Å². The third kappa shape index (κ3) is 3.58. The zero-order chi connectivity index (χ0) is 13.8. The summed E-state index contributed by atoms with van der Waals surface area (Å²) < 4.78 is 39.6. The Hall–Kier alpha value is -1.81. The van der Waals surface area contributed by atoms with Crippen LogP contribution in [0.3, 0.4) is 0 Å². The molecule has 0 fully saturated rings. The van der Waals surface area contributed by atoms with Gasteiger partial charge in [0.1, 0.15) is 17.5 Å². The van der Waals surface area contributed by atoms with Gasteiger partial charge in [-0.15, -0.1) is 0 Å². The summed E-state index contributed by atoms with van der Waals surface area (Å²) in [6.45, 7) is 2.07. The summed E-state index contributed by atoms with van der Waals surface area (Å²) in [4.78, 5) is 0. The summed E-state index contributed by atoms with van der Waals surface area (Å²) in [5.74, 6) is -1.53. The lowest BCUT2D eigenvalue weighted by Gasteiger charge is -2.15. The molecule has 1 atom stereocenters. The number of nitrogens with one attached hydrogen (secondary N) is 1. The normalized spacial score (nSPS) is 12.4. The van der Waals surface area contributed by atoms with E-state index in [4.69, 9.17) is 0 Å². The molecular weight excluding hydrogens is 251 g/mol. The molecule has 0 aliphatic rings. The molecule has 4 heteroatoms. The zero-order valence-electron chi connectivity index (χ0n) is 10.5. The van der Waals surface area contributed by atoms with Crippen LogP contribution in [-0.4, -0.2) is 0 Å². The van der Waals surface area contributed by atoms with Crippen molar-refractivity contribution < 1.29 is 13.2 Å². The van der Waals surface area contributed by atoms with Crippen molar-refractivity contribution in [1.82, 2.24) is 5.32 Å².